The van der Waals surface area contributed by atoms with Gasteiger partial charge in [-0.1, -0.05) is 60.7 Å². The lowest BCUT2D eigenvalue weighted by atomic mass is 9.83. The van der Waals surface area contributed by atoms with E-state index in [1.807, 2.05) is 12.1 Å². The van der Waals surface area contributed by atoms with Gasteiger partial charge in [0.05, 0.1) is 0 Å². The molecule has 1 unspecified atom stereocenters. The number of hydrogen-bond donors (Lipinski definition) is 2. The Morgan fingerprint density at radius 3 is 1.68 bits per heavy atom. The maximum absolute atomic E-state index is 6.41. The van der Waals surface area contributed by atoms with Crippen LogP contribution in [0.4, 0.5) is 0 Å². The molecular weight excluding hydrogens is 232 g/mol. The molecule has 0 bridgehead atoms. The first-order valence-corrected chi connectivity index (χ1v) is 6.88. The highest BCUT2D eigenvalue weighted by atomic mass is 14.7. The van der Waals surface area contributed by atoms with Gasteiger partial charge in [0.2, 0.25) is 0 Å². The molecule has 0 aliphatic carbocycles. The third kappa shape index (κ3) is 3.66. The summed E-state index contributed by atoms with van der Waals surface area (Å²) in [7, 11) is 0. The smallest absolute Gasteiger partial charge is 0.0241 e. The lowest BCUT2D eigenvalue weighted by Crippen LogP contribution is -2.30. The lowest BCUT2D eigenvalue weighted by molar-refractivity contribution is 0.534. The molecular formula is C17H22N2. The molecule has 100 valence electrons. The molecule has 1 atom stereocenters. The second kappa shape index (κ2) is 7.07. The molecule has 2 rings (SSSR count). The number of benzene rings is 2. The minimum absolute atomic E-state index is 0.105. The standard InChI is InChI=1S/C17H22N2/c18-13-7-12-16(19)17(14-8-3-1-4-9-14)15-10-5-2-6-11-15/h1-6,8-11,16-17H,7,12-13,18-19H2. The summed E-state index contributed by atoms with van der Waals surface area (Å²) < 4.78 is 0. The van der Waals surface area contributed by atoms with Crippen molar-refractivity contribution in [2.24, 2.45) is 11.5 Å². The highest BCUT2D eigenvalue weighted by molar-refractivity contribution is 5.34. The van der Waals surface area contributed by atoms with Crippen molar-refractivity contribution in [1.29, 1.82) is 0 Å². The molecule has 0 saturated carbocycles. The van der Waals surface area contributed by atoms with E-state index in [0.717, 1.165) is 12.8 Å². The fraction of sp³-hybridized carbons (Fsp3) is 0.294. The van der Waals surface area contributed by atoms with Crippen molar-refractivity contribution in [3.05, 3.63) is 71.8 Å². The zero-order valence-electron chi connectivity index (χ0n) is 11.2. The molecule has 2 heteroatoms. The molecule has 0 amide bonds. The van der Waals surface area contributed by atoms with Crippen molar-refractivity contribution < 1.29 is 0 Å². The van der Waals surface area contributed by atoms with E-state index in [1.54, 1.807) is 0 Å². The normalized spacial score (nSPS) is 12.6. The van der Waals surface area contributed by atoms with Gasteiger partial charge in [-0.25, -0.2) is 0 Å². The Morgan fingerprint density at radius 2 is 1.26 bits per heavy atom. The molecule has 4 N–H and O–H groups in total. The average Bonchev–Trinajstić information content (AvgIpc) is 2.47. The van der Waals surface area contributed by atoms with Gasteiger partial charge in [-0.15, -0.1) is 0 Å². The van der Waals surface area contributed by atoms with Crippen LogP contribution in [0, 0.1) is 0 Å². The Hall–Kier alpha value is -1.64. The largest absolute Gasteiger partial charge is 0.330 e. The highest BCUT2D eigenvalue weighted by Gasteiger charge is 2.20. The molecule has 2 aromatic carbocycles. The van der Waals surface area contributed by atoms with Crippen LogP contribution in [-0.2, 0) is 0 Å². The van der Waals surface area contributed by atoms with Crippen molar-refractivity contribution in [3.63, 3.8) is 0 Å². The van der Waals surface area contributed by atoms with Crippen LogP contribution in [0.5, 0.6) is 0 Å². The molecule has 0 fully saturated rings. The summed E-state index contributed by atoms with van der Waals surface area (Å²) in [6.07, 6.45) is 1.92. The molecule has 0 spiro atoms. The van der Waals surface area contributed by atoms with Gasteiger partial charge < -0.3 is 11.5 Å². The zero-order valence-corrected chi connectivity index (χ0v) is 11.2. The Morgan fingerprint density at radius 1 is 0.789 bits per heavy atom. The third-order valence-corrected chi connectivity index (χ3v) is 3.49. The van der Waals surface area contributed by atoms with Crippen molar-refractivity contribution in [2.45, 2.75) is 24.8 Å². The average molecular weight is 254 g/mol. The van der Waals surface area contributed by atoms with Crippen LogP contribution in [-0.4, -0.2) is 12.6 Å². The van der Waals surface area contributed by atoms with Gasteiger partial charge in [0.25, 0.3) is 0 Å². The lowest BCUT2D eigenvalue weighted by Gasteiger charge is -2.25. The Bertz CT molecular complexity index is 428. The monoisotopic (exact) mass is 254 g/mol. The van der Waals surface area contributed by atoms with E-state index in [0.29, 0.717) is 6.54 Å². The van der Waals surface area contributed by atoms with E-state index in [1.165, 1.54) is 11.1 Å². The van der Waals surface area contributed by atoms with Gasteiger partial charge in [0.1, 0.15) is 0 Å². The van der Waals surface area contributed by atoms with Crippen LogP contribution in [0.3, 0.4) is 0 Å². The second-order valence-electron chi connectivity index (χ2n) is 4.89. The summed E-state index contributed by atoms with van der Waals surface area (Å²) in [6.45, 7) is 0.698. The summed E-state index contributed by atoms with van der Waals surface area (Å²) in [5.41, 5.74) is 14.6. The molecule has 2 nitrogen and oxygen atoms in total. The molecule has 19 heavy (non-hydrogen) atoms. The van der Waals surface area contributed by atoms with Gasteiger partial charge in [0, 0.05) is 12.0 Å². The number of hydrogen-bond acceptors (Lipinski definition) is 2. The van der Waals surface area contributed by atoms with E-state index in [-0.39, 0.29) is 12.0 Å². The fourth-order valence-corrected chi connectivity index (χ4v) is 2.53. The van der Waals surface area contributed by atoms with E-state index >= 15 is 0 Å². The summed E-state index contributed by atoms with van der Waals surface area (Å²) in [5.74, 6) is 0.244. The van der Waals surface area contributed by atoms with E-state index in [4.69, 9.17) is 11.5 Å². The summed E-state index contributed by atoms with van der Waals surface area (Å²) in [4.78, 5) is 0. The maximum atomic E-state index is 6.41. The summed E-state index contributed by atoms with van der Waals surface area (Å²) >= 11 is 0. The van der Waals surface area contributed by atoms with Crippen molar-refractivity contribution in [3.8, 4) is 0 Å². The van der Waals surface area contributed by atoms with Gasteiger partial charge in [0.15, 0.2) is 0 Å². The molecule has 2 aromatic rings. The summed E-state index contributed by atoms with van der Waals surface area (Å²) in [5, 5.41) is 0. The summed E-state index contributed by atoms with van der Waals surface area (Å²) in [6, 6.07) is 21.1. The van der Waals surface area contributed by atoms with Gasteiger partial charge >= 0.3 is 0 Å². The van der Waals surface area contributed by atoms with Crippen molar-refractivity contribution >= 4 is 0 Å². The van der Waals surface area contributed by atoms with E-state index in [9.17, 15) is 0 Å². The van der Waals surface area contributed by atoms with Crippen LogP contribution >= 0.6 is 0 Å². The first kappa shape index (κ1) is 13.8. The van der Waals surface area contributed by atoms with Crippen molar-refractivity contribution in [2.75, 3.05) is 6.54 Å². The molecule has 0 aliphatic heterocycles. The predicted molar refractivity (Wildman–Crippen MR) is 81.0 cm³/mol. The number of nitrogens with two attached hydrogens (primary N) is 2. The van der Waals surface area contributed by atoms with Crippen LogP contribution in [0.15, 0.2) is 60.7 Å². The third-order valence-electron chi connectivity index (χ3n) is 3.49. The SMILES string of the molecule is NCCCC(N)C(c1ccccc1)c1ccccc1. The predicted octanol–water partition coefficient (Wildman–Crippen LogP) is 2.88. The topological polar surface area (TPSA) is 52.0 Å². The Balaban J connectivity index is 2.29. The van der Waals surface area contributed by atoms with E-state index < -0.39 is 0 Å². The van der Waals surface area contributed by atoms with E-state index in [2.05, 4.69) is 48.5 Å². The van der Waals surface area contributed by atoms with Gasteiger partial charge in [-0.2, -0.15) is 0 Å². The van der Waals surface area contributed by atoms with Crippen LogP contribution in [0.25, 0.3) is 0 Å². The van der Waals surface area contributed by atoms with Gasteiger partial charge in [-0.05, 0) is 30.5 Å². The molecule has 0 aliphatic rings. The van der Waals surface area contributed by atoms with Crippen LogP contribution in [0.1, 0.15) is 29.9 Å². The Kier molecular flexibility index (Phi) is 5.13. The molecule has 0 radical (unpaired) electrons. The minimum atomic E-state index is 0.105. The molecule has 0 heterocycles. The quantitative estimate of drug-likeness (QED) is 0.833. The fourth-order valence-electron chi connectivity index (χ4n) is 2.53. The molecule has 0 saturated heterocycles. The molecule has 0 aromatic heterocycles. The first-order chi connectivity index (χ1) is 9.33. The highest BCUT2D eigenvalue weighted by Crippen LogP contribution is 2.28. The minimum Gasteiger partial charge on any atom is -0.330 e. The van der Waals surface area contributed by atoms with Crippen LogP contribution in [0.2, 0.25) is 0 Å². The maximum Gasteiger partial charge on any atom is 0.0241 e. The van der Waals surface area contributed by atoms with Crippen LogP contribution < -0.4 is 11.5 Å². The van der Waals surface area contributed by atoms with Crippen molar-refractivity contribution in [1.82, 2.24) is 0 Å². The zero-order chi connectivity index (χ0) is 13.5. The Labute approximate surface area is 115 Å². The van der Waals surface area contributed by atoms with Gasteiger partial charge in [-0.3, -0.25) is 0 Å². The first-order valence-electron chi connectivity index (χ1n) is 6.88. The second-order valence-corrected chi connectivity index (χ2v) is 4.89. The number of rotatable bonds is 6.